The van der Waals surface area contributed by atoms with Gasteiger partial charge in [-0.15, -0.1) is 0 Å². The summed E-state index contributed by atoms with van der Waals surface area (Å²) >= 11 is 0. The van der Waals surface area contributed by atoms with Crippen LogP contribution in [0.25, 0.3) is 0 Å². The Bertz CT molecular complexity index is 308. The Balaban J connectivity index is 2.26. The molecule has 0 aromatic rings. The first-order valence-electron chi connectivity index (χ1n) is 8.60. The fourth-order valence-electron chi connectivity index (χ4n) is 3.54. The molecule has 1 rings (SSSR count). The number of carboxylic acids is 1. The van der Waals surface area contributed by atoms with Gasteiger partial charge in [-0.05, 0) is 45.6 Å². The average Bonchev–Trinajstić information content (AvgIpc) is 2.88. The minimum Gasteiger partial charge on any atom is -0.480 e. The highest BCUT2D eigenvalue weighted by Crippen LogP contribution is 2.38. The lowest BCUT2D eigenvalue weighted by Gasteiger charge is -2.31. The van der Waals surface area contributed by atoms with Crippen LogP contribution in [0.5, 0.6) is 0 Å². The molecular weight excluding hydrogens is 266 g/mol. The van der Waals surface area contributed by atoms with Crippen LogP contribution < -0.4 is 5.32 Å². The van der Waals surface area contributed by atoms with Crippen molar-refractivity contribution in [1.82, 2.24) is 5.32 Å². The van der Waals surface area contributed by atoms with Crippen LogP contribution in [0.2, 0.25) is 0 Å². The van der Waals surface area contributed by atoms with Gasteiger partial charge < -0.3 is 15.2 Å². The van der Waals surface area contributed by atoms with E-state index < -0.39 is 11.5 Å². The summed E-state index contributed by atoms with van der Waals surface area (Å²) < 4.78 is 5.88. The molecule has 124 valence electrons. The maximum Gasteiger partial charge on any atom is 0.324 e. The lowest BCUT2D eigenvalue weighted by molar-refractivity contribution is -0.146. The number of carbonyl (C=O) groups is 1. The minimum atomic E-state index is -0.728. The van der Waals surface area contributed by atoms with Crippen molar-refractivity contribution in [3.8, 4) is 0 Å². The molecule has 0 saturated heterocycles. The number of unbranched alkanes of at least 4 members (excludes halogenated alkanes) is 3. The molecule has 0 amide bonds. The Hall–Kier alpha value is -0.610. The third-order valence-corrected chi connectivity index (χ3v) is 4.98. The van der Waals surface area contributed by atoms with Crippen molar-refractivity contribution in [2.45, 2.75) is 83.3 Å². The van der Waals surface area contributed by atoms with Crippen molar-refractivity contribution >= 4 is 5.97 Å². The Morgan fingerprint density at radius 2 is 2.19 bits per heavy atom. The van der Waals surface area contributed by atoms with E-state index in [2.05, 4.69) is 19.2 Å². The maximum absolute atomic E-state index is 11.6. The van der Waals surface area contributed by atoms with E-state index in [0.29, 0.717) is 6.61 Å². The number of hydrogen-bond donors (Lipinski definition) is 2. The molecule has 1 fully saturated rings. The fraction of sp³-hybridized carbons (Fsp3) is 0.941. The van der Waals surface area contributed by atoms with Crippen molar-refractivity contribution in [1.29, 1.82) is 0 Å². The topological polar surface area (TPSA) is 58.6 Å². The van der Waals surface area contributed by atoms with E-state index in [-0.39, 0.29) is 12.0 Å². The molecule has 4 heteroatoms. The van der Waals surface area contributed by atoms with Crippen LogP contribution in [0, 0.1) is 5.92 Å². The molecule has 1 aliphatic rings. The molecule has 0 heterocycles. The van der Waals surface area contributed by atoms with Crippen LogP contribution in [0.15, 0.2) is 0 Å². The molecule has 4 nitrogen and oxygen atoms in total. The molecule has 0 aliphatic heterocycles. The lowest BCUT2D eigenvalue weighted by atomic mass is 9.85. The number of nitrogens with one attached hydrogen (secondary N) is 1. The predicted molar refractivity (Wildman–Crippen MR) is 85.6 cm³/mol. The van der Waals surface area contributed by atoms with Gasteiger partial charge in [0.1, 0.15) is 5.54 Å². The molecule has 3 unspecified atom stereocenters. The van der Waals surface area contributed by atoms with Gasteiger partial charge in [0.25, 0.3) is 0 Å². The SMILES string of the molecule is CCCCCCC(C)OCCC1CCCC1(NC)C(=O)O. The van der Waals surface area contributed by atoms with Crippen LogP contribution in [-0.4, -0.2) is 36.4 Å². The molecule has 21 heavy (non-hydrogen) atoms. The largest absolute Gasteiger partial charge is 0.480 e. The van der Waals surface area contributed by atoms with E-state index in [1.54, 1.807) is 7.05 Å². The quantitative estimate of drug-likeness (QED) is 0.572. The van der Waals surface area contributed by atoms with E-state index in [1.807, 2.05) is 0 Å². The molecule has 0 radical (unpaired) electrons. The second kappa shape index (κ2) is 9.42. The monoisotopic (exact) mass is 299 g/mol. The zero-order chi connectivity index (χ0) is 15.7. The number of likely N-dealkylation sites (N-methyl/N-ethyl adjacent to an activating group) is 1. The highest BCUT2D eigenvalue weighted by Gasteiger charge is 2.47. The van der Waals surface area contributed by atoms with Crippen LogP contribution in [-0.2, 0) is 9.53 Å². The third kappa shape index (κ3) is 5.26. The highest BCUT2D eigenvalue weighted by molar-refractivity contribution is 5.79. The predicted octanol–water partition coefficient (Wildman–Crippen LogP) is 3.59. The molecule has 3 atom stereocenters. The first-order chi connectivity index (χ1) is 10.1. The number of ether oxygens (including phenoxy) is 1. The van der Waals surface area contributed by atoms with E-state index in [0.717, 1.165) is 32.1 Å². The van der Waals surface area contributed by atoms with Crippen LogP contribution in [0.4, 0.5) is 0 Å². The first kappa shape index (κ1) is 18.4. The first-order valence-corrected chi connectivity index (χ1v) is 8.60. The van der Waals surface area contributed by atoms with Gasteiger partial charge in [-0.3, -0.25) is 4.79 Å². The molecule has 1 aliphatic carbocycles. The van der Waals surface area contributed by atoms with Crippen LogP contribution in [0.1, 0.15) is 71.6 Å². The smallest absolute Gasteiger partial charge is 0.324 e. The molecule has 0 aromatic heterocycles. The van der Waals surface area contributed by atoms with Crippen LogP contribution in [0.3, 0.4) is 0 Å². The average molecular weight is 299 g/mol. The number of hydrogen-bond acceptors (Lipinski definition) is 3. The van der Waals surface area contributed by atoms with Crippen molar-refractivity contribution in [2.75, 3.05) is 13.7 Å². The van der Waals surface area contributed by atoms with Gasteiger partial charge in [0.15, 0.2) is 0 Å². The number of carboxylic acid groups (broad SMARTS) is 1. The zero-order valence-corrected chi connectivity index (χ0v) is 14.0. The molecule has 0 bridgehead atoms. The third-order valence-electron chi connectivity index (χ3n) is 4.98. The second-order valence-corrected chi connectivity index (χ2v) is 6.44. The van der Waals surface area contributed by atoms with Crippen molar-refractivity contribution in [3.63, 3.8) is 0 Å². The molecule has 1 saturated carbocycles. The Morgan fingerprint density at radius 3 is 2.81 bits per heavy atom. The lowest BCUT2D eigenvalue weighted by Crippen LogP contribution is -2.53. The van der Waals surface area contributed by atoms with E-state index >= 15 is 0 Å². The fourth-order valence-corrected chi connectivity index (χ4v) is 3.54. The summed E-state index contributed by atoms with van der Waals surface area (Å²) in [5.74, 6) is -0.521. The summed E-state index contributed by atoms with van der Waals surface area (Å²) in [7, 11) is 1.77. The van der Waals surface area contributed by atoms with Gasteiger partial charge in [-0.2, -0.15) is 0 Å². The van der Waals surface area contributed by atoms with Gasteiger partial charge in [-0.25, -0.2) is 0 Å². The van der Waals surface area contributed by atoms with Crippen molar-refractivity contribution in [2.24, 2.45) is 5.92 Å². The minimum absolute atomic E-state index is 0.187. The van der Waals surface area contributed by atoms with E-state index in [4.69, 9.17) is 4.74 Å². The molecule has 2 N–H and O–H groups in total. The summed E-state index contributed by atoms with van der Waals surface area (Å²) in [4.78, 5) is 11.6. The van der Waals surface area contributed by atoms with Crippen molar-refractivity contribution < 1.29 is 14.6 Å². The van der Waals surface area contributed by atoms with Gasteiger partial charge in [0.2, 0.25) is 0 Å². The molecule has 0 aromatic carbocycles. The Morgan fingerprint density at radius 1 is 1.43 bits per heavy atom. The molecule has 0 spiro atoms. The van der Waals surface area contributed by atoms with Gasteiger partial charge >= 0.3 is 5.97 Å². The normalized spacial score (nSPS) is 26.9. The molecular formula is C17H33NO3. The van der Waals surface area contributed by atoms with E-state index in [1.165, 1.54) is 25.7 Å². The van der Waals surface area contributed by atoms with Gasteiger partial charge in [0.05, 0.1) is 6.10 Å². The maximum atomic E-state index is 11.6. The van der Waals surface area contributed by atoms with Crippen molar-refractivity contribution in [3.05, 3.63) is 0 Å². The summed E-state index contributed by atoms with van der Waals surface area (Å²) in [6.45, 7) is 5.03. The summed E-state index contributed by atoms with van der Waals surface area (Å²) in [5.41, 5.74) is -0.728. The summed E-state index contributed by atoms with van der Waals surface area (Å²) in [6, 6.07) is 0. The number of aliphatic carboxylic acids is 1. The Labute approximate surface area is 129 Å². The second-order valence-electron chi connectivity index (χ2n) is 6.44. The number of rotatable bonds is 11. The highest BCUT2D eigenvalue weighted by atomic mass is 16.5. The van der Waals surface area contributed by atoms with Crippen LogP contribution >= 0.6 is 0 Å². The summed E-state index contributed by atoms with van der Waals surface area (Å²) in [5, 5.41) is 12.6. The standard InChI is InChI=1S/C17H33NO3/c1-4-5-6-7-9-14(2)21-13-11-15-10-8-12-17(15,18-3)16(19)20/h14-15,18H,4-13H2,1-3H3,(H,19,20). The van der Waals surface area contributed by atoms with Gasteiger partial charge in [0, 0.05) is 6.61 Å². The van der Waals surface area contributed by atoms with E-state index in [9.17, 15) is 9.90 Å². The Kier molecular flexibility index (Phi) is 8.27. The zero-order valence-electron chi connectivity index (χ0n) is 14.0. The summed E-state index contributed by atoms with van der Waals surface area (Å²) in [6.07, 6.45) is 10.0. The van der Waals surface area contributed by atoms with Gasteiger partial charge in [-0.1, -0.05) is 39.0 Å².